The van der Waals surface area contributed by atoms with Crippen LogP contribution in [-0.4, -0.2) is 34.9 Å². The van der Waals surface area contributed by atoms with Gasteiger partial charge in [-0.15, -0.1) is 5.10 Å². The Morgan fingerprint density at radius 3 is 2.62 bits per heavy atom. The van der Waals surface area contributed by atoms with Crippen molar-refractivity contribution >= 4 is 9.84 Å². The molecule has 5 nitrogen and oxygen atoms in total. The molecule has 0 radical (unpaired) electrons. The molecular formula is C7H11N3O2S. The minimum atomic E-state index is -2.85. The molecule has 1 saturated carbocycles. The second-order valence-electron chi connectivity index (χ2n) is 3.46. The molecular weight excluding hydrogens is 190 g/mol. The smallest absolute Gasteiger partial charge is 0.150 e. The van der Waals surface area contributed by atoms with Crippen molar-refractivity contribution in [3.05, 3.63) is 12.4 Å². The molecule has 0 unspecified atom stereocenters. The van der Waals surface area contributed by atoms with Crippen molar-refractivity contribution < 1.29 is 8.42 Å². The molecule has 0 atom stereocenters. The zero-order valence-electron chi connectivity index (χ0n) is 7.29. The molecule has 0 spiro atoms. The summed E-state index contributed by atoms with van der Waals surface area (Å²) in [5.74, 6) is 0. The fourth-order valence-corrected chi connectivity index (χ4v) is 2.66. The molecule has 72 valence electrons. The van der Waals surface area contributed by atoms with E-state index in [9.17, 15) is 8.42 Å². The van der Waals surface area contributed by atoms with Crippen molar-refractivity contribution in [1.29, 1.82) is 0 Å². The highest BCUT2D eigenvalue weighted by Gasteiger charge is 2.37. The lowest BCUT2D eigenvalue weighted by atomic mass is 9.92. The van der Waals surface area contributed by atoms with Gasteiger partial charge in [0.1, 0.15) is 9.84 Å². The summed E-state index contributed by atoms with van der Waals surface area (Å²) < 4.78 is 23.9. The normalized spacial score (nSPS) is 28.4. The third kappa shape index (κ3) is 1.58. The van der Waals surface area contributed by atoms with Crippen LogP contribution in [0, 0.1) is 0 Å². The minimum absolute atomic E-state index is 0.179. The molecule has 1 heterocycles. The summed E-state index contributed by atoms with van der Waals surface area (Å²) in [5.41, 5.74) is 0. The van der Waals surface area contributed by atoms with Crippen LogP contribution in [0.15, 0.2) is 12.4 Å². The van der Waals surface area contributed by atoms with Gasteiger partial charge in [-0.2, -0.15) is 0 Å². The molecule has 1 aromatic rings. The Kier molecular flexibility index (Phi) is 1.87. The summed E-state index contributed by atoms with van der Waals surface area (Å²) in [5, 5.41) is 7.32. The topological polar surface area (TPSA) is 64.8 Å². The quantitative estimate of drug-likeness (QED) is 0.677. The maximum atomic E-state index is 11.1. The lowest BCUT2D eigenvalue weighted by Crippen LogP contribution is -2.37. The highest BCUT2D eigenvalue weighted by atomic mass is 32.2. The molecule has 0 bridgehead atoms. The zero-order valence-corrected chi connectivity index (χ0v) is 8.11. The zero-order chi connectivity index (χ0) is 9.47. The Morgan fingerprint density at radius 1 is 1.46 bits per heavy atom. The van der Waals surface area contributed by atoms with E-state index < -0.39 is 9.84 Å². The first kappa shape index (κ1) is 8.68. The molecule has 1 fully saturated rings. The molecule has 1 aliphatic carbocycles. The molecule has 0 aromatic carbocycles. The first-order valence-electron chi connectivity index (χ1n) is 4.12. The van der Waals surface area contributed by atoms with Gasteiger partial charge in [0, 0.05) is 12.5 Å². The predicted molar refractivity (Wildman–Crippen MR) is 46.9 cm³/mol. The Hall–Kier alpha value is -0.910. The van der Waals surface area contributed by atoms with Crippen LogP contribution in [0.25, 0.3) is 0 Å². The largest absolute Gasteiger partial charge is 0.249 e. The Morgan fingerprint density at radius 2 is 2.15 bits per heavy atom. The van der Waals surface area contributed by atoms with Crippen LogP contribution in [0.3, 0.4) is 0 Å². The molecule has 0 saturated heterocycles. The van der Waals surface area contributed by atoms with Crippen molar-refractivity contribution in [1.82, 2.24) is 15.0 Å². The first-order chi connectivity index (χ1) is 6.07. The van der Waals surface area contributed by atoms with E-state index in [1.165, 1.54) is 6.26 Å². The van der Waals surface area contributed by atoms with Crippen molar-refractivity contribution in [2.45, 2.75) is 24.1 Å². The summed E-state index contributed by atoms with van der Waals surface area (Å²) in [7, 11) is -2.85. The maximum Gasteiger partial charge on any atom is 0.150 e. The summed E-state index contributed by atoms with van der Waals surface area (Å²) in [6.07, 6.45) is 6.00. The fraction of sp³-hybridized carbons (Fsp3) is 0.714. The third-order valence-electron chi connectivity index (χ3n) is 2.49. The van der Waals surface area contributed by atoms with E-state index in [4.69, 9.17) is 0 Å². The lowest BCUT2D eigenvalue weighted by Gasteiger charge is -2.33. The van der Waals surface area contributed by atoms with Crippen LogP contribution in [-0.2, 0) is 9.84 Å². The van der Waals surface area contributed by atoms with Gasteiger partial charge < -0.3 is 0 Å². The van der Waals surface area contributed by atoms with Gasteiger partial charge in [0.05, 0.1) is 17.5 Å². The van der Waals surface area contributed by atoms with Crippen LogP contribution in [0.5, 0.6) is 0 Å². The number of rotatable bonds is 2. The van der Waals surface area contributed by atoms with Crippen molar-refractivity contribution in [3.63, 3.8) is 0 Å². The fourth-order valence-electron chi connectivity index (χ4n) is 1.52. The van der Waals surface area contributed by atoms with Crippen LogP contribution in [0.4, 0.5) is 0 Å². The van der Waals surface area contributed by atoms with E-state index in [1.807, 2.05) is 0 Å². The van der Waals surface area contributed by atoms with Crippen LogP contribution < -0.4 is 0 Å². The predicted octanol–water partition coefficient (Wildman–Crippen LogP) is 0.0262. The number of hydrogen-bond donors (Lipinski definition) is 0. The van der Waals surface area contributed by atoms with Gasteiger partial charge in [-0.1, -0.05) is 5.21 Å². The lowest BCUT2D eigenvalue weighted by molar-refractivity contribution is 0.286. The maximum absolute atomic E-state index is 11.1. The molecule has 0 amide bonds. The monoisotopic (exact) mass is 201 g/mol. The van der Waals surface area contributed by atoms with Gasteiger partial charge in [0.2, 0.25) is 0 Å². The van der Waals surface area contributed by atoms with Gasteiger partial charge in [0.25, 0.3) is 0 Å². The van der Waals surface area contributed by atoms with E-state index in [0.29, 0.717) is 12.8 Å². The molecule has 0 N–H and O–H groups in total. The summed E-state index contributed by atoms with van der Waals surface area (Å²) in [6.45, 7) is 0. The second-order valence-corrected chi connectivity index (χ2v) is 5.79. The van der Waals surface area contributed by atoms with Crippen molar-refractivity contribution in [3.8, 4) is 0 Å². The minimum Gasteiger partial charge on any atom is -0.249 e. The number of sulfone groups is 1. The van der Waals surface area contributed by atoms with Gasteiger partial charge in [-0.25, -0.2) is 13.1 Å². The molecule has 6 heteroatoms. The van der Waals surface area contributed by atoms with E-state index in [2.05, 4.69) is 10.3 Å². The Bertz CT molecular complexity index is 378. The molecule has 2 rings (SSSR count). The van der Waals surface area contributed by atoms with Crippen LogP contribution >= 0.6 is 0 Å². The standard InChI is InChI=1S/C7H11N3O2S/c1-13(11,12)7-4-6(5-7)10-3-2-8-9-10/h2-3,6-7H,4-5H2,1H3. The number of hydrogen-bond acceptors (Lipinski definition) is 4. The summed E-state index contributed by atoms with van der Waals surface area (Å²) in [6, 6.07) is 0.224. The molecule has 1 aliphatic rings. The van der Waals surface area contributed by atoms with Crippen molar-refractivity contribution in [2.24, 2.45) is 0 Å². The highest BCUT2D eigenvalue weighted by Crippen LogP contribution is 2.35. The highest BCUT2D eigenvalue weighted by molar-refractivity contribution is 7.91. The van der Waals surface area contributed by atoms with Gasteiger partial charge in [-0.05, 0) is 12.8 Å². The first-order valence-corrected chi connectivity index (χ1v) is 6.07. The van der Waals surface area contributed by atoms with Gasteiger partial charge >= 0.3 is 0 Å². The number of aromatic nitrogens is 3. The SMILES string of the molecule is CS(=O)(=O)C1CC(n2ccnn2)C1. The van der Waals surface area contributed by atoms with Gasteiger partial charge in [-0.3, -0.25) is 0 Å². The van der Waals surface area contributed by atoms with E-state index in [-0.39, 0.29) is 11.3 Å². The van der Waals surface area contributed by atoms with E-state index in [1.54, 1.807) is 17.1 Å². The second kappa shape index (κ2) is 2.80. The van der Waals surface area contributed by atoms with Crippen LogP contribution in [0.2, 0.25) is 0 Å². The Balaban J connectivity index is 2.00. The average Bonchev–Trinajstić information content (AvgIpc) is 2.31. The van der Waals surface area contributed by atoms with E-state index in [0.717, 1.165) is 0 Å². The summed E-state index contributed by atoms with van der Waals surface area (Å²) in [4.78, 5) is 0. The molecule has 0 aliphatic heterocycles. The van der Waals surface area contributed by atoms with Gasteiger partial charge in [0.15, 0.2) is 0 Å². The molecule has 1 aromatic heterocycles. The number of nitrogens with zero attached hydrogens (tertiary/aromatic N) is 3. The molecule has 13 heavy (non-hydrogen) atoms. The average molecular weight is 201 g/mol. The van der Waals surface area contributed by atoms with Crippen molar-refractivity contribution in [2.75, 3.05) is 6.26 Å². The summed E-state index contributed by atoms with van der Waals surface area (Å²) >= 11 is 0. The van der Waals surface area contributed by atoms with Crippen LogP contribution in [0.1, 0.15) is 18.9 Å². The third-order valence-corrected chi connectivity index (χ3v) is 4.09. The van der Waals surface area contributed by atoms with E-state index >= 15 is 0 Å². The Labute approximate surface area is 76.7 Å².